The van der Waals surface area contributed by atoms with Gasteiger partial charge in [-0.25, -0.2) is 0 Å². The van der Waals surface area contributed by atoms with Crippen LogP contribution >= 0.6 is 0 Å². The fraction of sp³-hybridized carbons (Fsp3) is 0.0769. The molecule has 18 heavy (non-hydrogen) atoms. The van der Waals surface area contributed by atoms with E-state index in [1.807, 2.05) is 6.92 Å². The molecule has 2 aromatic carbocycles. The van der Waals surface area contributed by atoms with Crippen molar-refractivity contribution < 1.29 is 5.11 Å². The van der Waals surface area contributed by atoms with Crippen LogP contribution in [0.2, 0.25) is 0 Å². The molecule has 0 aliphatic rings. The summed E-state index contributed by atoms with van der Waals surface area (Å²) in [5.74, 6) is 0.136. The predicted molar refractivity (Wildman–Crippen MR) is 75.8 cm³/mol. The van der Waals surface area contributed by atoms with Crippen LogP contribution in [0.15, 0.2) is 30.3 Å². The maximum absolute atomic E-state index is 9.83. The zero-order valence-corrected chi connectivity index (χ0v) is 10.1. The Kier molecular flexibility index (Phi) is 2.89. The van der Waals surface area contributed by atoms with E-state index in [-0.39, 0.29) is 5.75 Å². The molecule has 2 aromatic rings. The summed E-state index contributed by atoms with van der Waals surface area (Å²) >= 11 is 0. The van der Waals surface area contributed by atoms with Crippen molar-refractivity contribution in [3.8, 4) is 5.75 Å². The van der Waals surface area contributed by atoms with E-state index < -0.39 is 0 Å². The number of benzene rings is 2. The first-order chi connectivity index (χ1) is 8.47. The van der Waals surface area contributed by atoms with E-state index in [1.165, 1.54) is 0 Å². The number of aromatic hydroxyl groups is 1. The second-order valence-electron chi connectivity index (χ2n) is 4.19. The molecule has 5 nitrogen and oxygen atoms in total. The Morgan fingerprint density at radius 1 is 0.944 bits per heavy atom. The number of phenols is 1. The minimum absolute atomic E-state index is 0.136. The van der Waals surface area contributed by atoms with Gasteiger partial charge in [0.25, 0.3) is 0 Å². The van der Waals surface area contributed by atoms with E-state index in [0.29, 0.717) is 22.7 Å². The maximum Gasteiger partial charge on any atom is 0.139 e. The van der Waals surface area contributed by atoms with Gasteiger partial charge in [-0.3, -0.25) is 0 Å². The van der Waals surface area contributed by atoms with Crippen LogP contribution < -0.4 is 22.5 Å². The number of anilines is 5. The summed E-state index contributed by atoms with van der Waals surface area (Å²) in [4.78, 5) is 0. The monoisotopic (exact) mass is 244 g/mol. The molecule has 5 heteroatoms. The number of phenolic OH excluding ortho intramolecular Hbond substituents is 1. The van der Waals surface area contributed by atoms with E-state index >= 15 is 0 Å². The van der Waals surface area contributed by atoms with Crippen LogP contribution in [0.1, 0.15) is 5.56 Å². The molecule has 8 N–H and O–H groups in total. The van der Waals surface area contributed by atoms with Gasteiger partial charge < -0.3 is 27.6 Å². The van der Waals surface area contributed by atoms with Gasteiger partial charge in [0.05, 0.1) is 17.1 Å². The molecule has 0 saturated heterocycles. The third-order valence-electron chi connectivity index (χ3n) is 2.75. The van der Waals surface area contributed by atoms with Gasteiger partial charge in [0, 0.05) is 11.4 Å². The lowest BCUT2D eigenvalue weighted by Gasteiger charge is -2.12. The molecule has 0 aliphatic carbocycles. The van der Waals surface area contributed by atoms with E-state index in [1.54, 1.807) is 30.3 Å². The van der Waals surface area contributed by atoms with Crippen LogP contribution in [0.4, 0.5) is 28.4 Å². The van der Waals surface area contributed by atoms with Crippen LogP contribution in [0.25, 0.3) is 0 Å². The number of aryl methyl sites for hydroxylation is 1. The molecule has 0 aliphatic heterocycles. The first-order valence-corrected chi connectivity index (χ1v) is 5.48. The minimum Gasteiger partial charge on any atom is -0.506 e. The normalized spacial score (nSPS) is 10.3. The highest BCUT2D eigenvalue weighted by atomic mass is 16.3. The second-order valence-corrected chi connectivity index (χ2v) is 4.19. The summed E-state index contributed by atoms with van der Waals surface area (Å²) in [6.07, 6.45) is 0. The van der Waals surface area contributed by atoms with Gasteiger partial charge in [-0.1, -0.05) is 0 Å². The minimum atomic E-state index is 0.136. The van der Waals surface area contributed by atoms with Gasteiger partial charge in [0.15, 0.2) is 0 Å². The summed E-state index contributed by atoms with van der Waals surface area (Å²) < 4.78 is 0. The van der Waals surface area contributed by atoms with Crippen LogP contribution in [0.3, 0.4) is 0 Å². The van der Waals surface area contributed by atoms with Crippen LogP contribution in [-0.2, 0) is 0 Å². The molecule has 0 atom stereocenters. The highest BCUT2D eigenvalue weighted by molar-refractivity contribution is 5.76. The fourth-order valence-corrected chi connectivity index (χ4v) is 1.62. The lowest BCUT2D eigenvalue weighted by molar-refractivity contribution is 0.477. The lowest BCUT2D eigenvalue weighted by atomic mass is 10.1. The van der Waals surface area contributed by atoms with Gasteiger partial charge in [-0.05, 0) is 42.8 Å². The summed E-state index contributed by atoms with van der Waals surface area (Å²) in [5.41, 5.74) is 20.9. The average Bonchev–Trinajstić information content (AvgIpc) is 2.31. The van der Waals surface area contributed by atoms with Crippen molar-refractivity contribution in [2.24, 2.45) is 0 Å². The fourth-order valence-electron chi connectivity index (χ4n) is 1.62. The molecule has 0 saturated carbocycles. The van der Waals surface area contributed by atoms with E-state index in [4.69, 9.17) is 17.2 Å². The van der Waals surface area contributed by atoms with Gasteiger partial charge in [-0.2, -0.15) is 0 Å². The Labute approximate surface area is 105 Å². The topological polar surface area (TPSA) is 110 Å². The molecule has 94 valence electrons. The van der Waals surface area contributed by atoms with Gasteiger partial charge in [-0.15, -0.1) is 0 Å². The molecule has 0 aromatic heterocycles. The zero-order valence-electron chi connectivity index (χ0n) is 10.1. The first-order valence-electron chi connectivity index (χ1n) is 5.48. The van der Waals surface area contributed by atoms with Crippen molar-refractivity contribution in [2.45, 2.75) is 6.92 Å². The molecular formula is C13H16N4O. The number of hydrogen-bond acceptors (Lipinski definition) is 5. The van der Waals surface area contributed by atoms with Crippen LogP contribution in [0.5, 0.6) is 5.75 Å². The van der Waals surface area contributed by atoms with Crippen LogP contribution in [-0.4, -0.2) is 5.11 Å². The molecule has 2 rings (SSSR count). The molecule has 0 bridgehead atoms. The van der Waals surface area contributed by atoms with Crippen LogP contribution in [0, 0.1) is 6.92 Å². The molecule has 0 amide bonds. The Morgan fingerprint density at radius 2 is 1.67 bits per heavy atom. The maximum atomic E-state index is 9.83. The predicted octanol–water partition coefficient (Wildman–Crippen LogP) is 2.19. The van der Waals surface area contributed by atoms with E-state index in [2.05, 4.69) is 5.32 Å². The largest absolute Gasteiger partial charge is 0.506 e. The highest BCUT2D eigenvalue weighted by Gasteiger charge is 2.05. The number of rotatable bonds is 2. The summed E-state index contributed by atoms with van der Waals surface area (Å²) in [6.45, 7) is 1.83. The highest BCUT2D eigenvalue weighted by Crippen LogP contribution is 2.32. The zero-order chi connectivity index (χ0) is 13.3. The smallest absolute Gasteiger partial charge is 0.139 e. The standard InChI is InChI=1S/C13H16N4O/c1-7-4-13(18)12(6-10(7)15)17-8-2-3-9(14)11(16)5-8/h2-6,17-18H,14-16H2,1H3. The van der Waals surface area contributed by atoms with E-state index in [0.717, 1.165) is 11.3 Å². The SMILES string of the molecule is Cc1cc(O)c(Nc2ccc(N)c(N)c2)cc1N. The molecule has 0 fully saturated rings. The Bertz CT molecular complexity index is 596. The molecule has 0 radical (unpaired) electrons. The van der Waals surface area contributed by atoms with Crippen molar-refractivity contribution in [1.82, 2.24) is 0 Å². The van der Waals surface area contributed by atoms with Gasteiger partial charge in [0.1, 0.15) is 5.75 Å². The first kappa shape index (κ1) is 11.9. The Balaban J connectivity index is 2.34. The van der Waals surface area contributed by atoms with Gasteiger partial charge in [0.2, 0.25) is 0 Å². The summed E-state index contributed by atoms with van der Waals surface area (Å²) in [6, 6.07) is 8.47. The number of nitrogens with one attached hydrogen (secondary N) is 1. The third-order valence-corrected chi connectivity index (χ3v) is 2.75. The number of nitrogen functional groups attached to an aromatic ring is 3. The molecule has 0 heterocycles. The molecule has 0 unspecified atom stereocenters. The summed E-state index contributed by atoms with van der Waals surface area (Å²) in [7, 11) is 0. The third kappa shape index (κ3) is 2.24. The van der Waals surface area contributed by atoms with Crippen molar-refractivity contribution >= 4 is 28.4 Å². The Morgan fingerprint density at radius 3 is 2.33 bits per heavy atom. The van der Waals surface area contributed by atoms with Crippen molar-refractivity contribution in [2.75, 3.05) is 22.5 Å². The average molecular weight is 244 g/mol. The number of hydrogen-bond donors (Lipinski definition) is 5. The number of nitrogens with two attached hydrogens (primary N) is 3. The quantitative estimate of drug-likeness (QED) is 0.316. The van der Waals surface area contributed by atoms with Gasteiger partial charge >= 0.3 is 0 Å². The van der Waals surface area contributed by atoms with Crippen molar-refractivity contribution in [3.05, 3.63) is 35.9 Å². The molecule has 0 spiro atoms. The van der Waals surface area contributed by atoms with E-state index in [9.17, 15) is 5.11 Å². The van der Waals surface area contributed by atoms with Crippen molar-refractivity contribution in [3.63, 3.8) is 0 Å². The molecular weight excluding hydrogens is 228 g/mol. The second kappa shape index (κ2) is 4.37. The Hall–Kier alpha value is -2.56. The summed E-state index contributed by atoms with van der Waals surface area (Å²) in [5, 5.41) is 12.9. The van der Waals surface area contributed by atoms with Crippen molar-refractivity contribution in [1.29, 1.82) is 0 Å². The lowest BCUT2D eigenvalue weighted by Crippen LogP contribution is -1.98.